The van der Waals surface area contributed by atoms with Crippen LogP contribution < -0.4 is 11.1 Å². The lowest BCUT2D eigenvalue weighted by atomic mass is 9.90. The Hall–Kier alpha value is -0.610. The molecule has 3 atom stereocenters. The second-order valence-electron chi connectivity index (χ2n) is 6.80. The topological polar surface area (TPSA) is 58.4 Å². The van der Waals surface area contributed by atoms with Crippen molar-refractivity contribution >= 4 is 5.91 Å². The number of nitrogens with zero attached hydrogens (tertiary/aromatic N) is 1. The number of carbonyl (C=O) groups is 1. The van der Waals surface area contributed by atoms with Crippen molar-refractivity contribution in [2.75, 3.05) is 19.6 Å². The summed E-state index contributed by atoms with van der Waals surface area (Å²) < 4.78 is 0. The standard InChI is InChI=1S/C15H27N3O/c1-2-7-17-15(14(16)19,12-4-5-12)10-18-9-11-3-6-13(18)8-11/h11-13,17H,2-10H2,1H3,(H2,16,19). The van der Waals surface area contributed by atoms with Crippen molar-refractivity contribution in [3.63, 3.8) is 0 Å². The van der Waals surface area contributed by atoms with E-state index in [1.54, 1.807) is 0 Å². The molecule has 2 aliphatic carbocycles. The lowest BCUT2D eigenvalue weighted by Crippen LogP contribution is -2.64. The van der Waals surface area contributed by atoms with Gasteiger partial charge in [0, 0.05) is 19.1 Å². The van der Waals surface area contributed by atoms with E-state index in [1.807, 2.05) is 0 Å². The van der Waals surface area contributed by atoms with Gasteiger partial charge in [0.25, 0.3) is 0 Å². The third-order valence-corrected chi connectivity index (χ3v) is 5.38. The zero-order chi connectivity index (χ0) is 13.5. The number of hydrogen-bond acceptors (Lipinski definition) is 3. The first-order valence-corrected chi connectivity index (χ1v) is 7.94. The van der Waals surface area contributed by atoms with Gasteiger partial charge < -0.3 is 11.1 Å². The molecule has 0 aromatic carbocycles. The third-order valence-electron chi connectivity index (χ3n) is 5.38. The highest BCUT2D eigenvalue weighted by molar-refractivity contribution is 5.86. The van der Waals surface area contributed by atoms with Crippen molar-refractivity contribution in [1.82, 2.24) is 10.2 Å². The molecule has 2 saturated carbocycles. The van der Waals surface area contributed by atoms with Gasteiger partial charge in [-0.15, -0.1) is 0 Å². The summed E-state index contributed by atoms with van der Waals surface area (Å²) >= 11 is 0. The molecule has 1 amide bonds. The Labute approximate surface area is 116 Å². The van der Waals surface area contributed by atoms with E-state index < -0.39 is 5.54 Å². The molecule has 4 nitrogen and oxygen atoms in total. The maximum Gasteiger partial charge on any atom is 0.239 e. The van der Waals surface area contributed by atoms with Crippen LogP contribution in [0.5, 0.6) is 0 Å². The molecule has 3 fully saturated rings. The summed E-state index contributed by atoms with van der Waals surface area (Å²) in [6.07, 6.45) is 7.40. The molecule has 3 aliphatic rings. The Balaban J connectivity index is 1.72. The van der Waals surface area contributed by atoms with Gasteiger partial charge in [-0.05, 0) is 56.9 Å². The fourth-order valence-electron chi connectivity index (χ4n) is 4.16. The Kier molecular flexibility index (Phi) is 3.56. The Morgan fingerprint density at radius 2 is 2.16 bits per heavy atom. The van der Waals surface area contributed by atoms with Crippen molar-refractivity contribution < 1.29 is 4.79 Å². The molecule has 4 heteroatoms. The fraction of sp³-hybridized carbons (Fsp3) is 0.933. The second kappa shape index (κ2) is 5.06. The number of nitrogens with one attached hydrogen (secondary N) is 1. The number of rotatable bonds is 7. The molecule has 0 aromatic heterocycles. The van der Waals surface area contributed by atoms with Crippen LogP contribution in [0.4, 0.5) is 0 Å². The summed E-state index contributed by atoms with van der Waals surface area (Å²) in [6.45, 7) is 5.05. The highest BCUT2D eigenvalue weighted by Crippen LogP contribution is 2.43. The number of primary amides is 1. The molecule has 1 heterocycles. The van der Waals surface area contributed by atoms with Crippen LogP contribution in [0.1, 0.15) is 45.4 Å². The molecule has 0 spiro atoms. The summed E-state index contributed by atoms with van der Waals surface area (Å²) in [5.41, 5.74) is 5.34. The highest BCUT2D eigenvalue weighted by atomic mass is 16.1. The number of likely N-dealkylation sites (tertiary alicyclic amines) is 1. The molecule has 1 aliphatic heterocycles. The van der Waals surface area contributed by atoms with Crippen molar-refractivity contribution in [2.24, 2.45) is 17.6 Å². The quantitative estimate of drug-likeness (QED) is 0.725. The number of amides is 1. The largest absolute Gasteiger partial charge is 0.368 e. The van der Waals surface area contributed by atoms with Gasteiger partial charge in [0.2, 0.25) is 5.91 Å². The minimum atomic E-state index is -0.458. The number of fused-ring (bicyclic) bond motifs is 2. The number of carbonyl (C=O) groups excluding carboxylic acids is 1. The van der Waals surface area contributed by atoms with Crippen LogP contribution >= 0.6 is 0 Å². The van der Waals surface area contributed by atoms with E-state index in [0.29, 0.717) is 12.0 Å². The Bertz CT molecular complexity index is 355. The van der Waals surface area contributed by atoms with Crippen LogP contribution in [0.3, 0.4) is 0 Å². The summed E-state index contributed by atoms with van der Waals surface area (Å²) in [7, 11) is 0. The molecular weight excluding hydrogens is 238 g/mol. The van der Waals surface area contributed by atoms with E-state index >= 15 is 0 Å². The van der Waals surface area contributed by atoms with Crippen LogP contribution in [-0.2, 0) is 4.79 Å². The average molecular weight is 265 g/mol. The monoisotopic (exact) mass is 265 g/mol. The van der Waals surface area contributed by atoms with Crippen LogP contribution in [-0.4, -0.2) is 42.0 Å². The van der Waals surface area contributed by atoms with E-state index in [4.69, 9.17) is 5.73 Å². The smallest absolute Gasteiger partial charge is 0.239 e. The molecule has 3 rings (SSSR count). The van der Waals surface area contributed by atoms with Crippen LogP contribution in [0.25, 0.3) is 0 Å². The van der Waals surface area contributed by atoms with Gasteiger partial charge in [-0.2, -0.15) is 0 Å². The summed E-state index contributed by atoms with van der Waals surface area (Å²) in [5, 5.41) is 3.51. The minimum Gasteiger partial charge on any atom is -0.368 e. The van der Waals surface area contributed by atoms with E-state index in [1.165, 1.54) is 25.8 Å². The third kappa shape index (κ3) is 2.40. The predicted octanol–water partition coefficient (Wildman–Crippen LogP) is 1.10. The van der Waals surface area contributed by atoms with Gasteiger partial charge in [0.15, 0.2) is 0 Å². The maximum absolute atomic E-state index is 12.1. The van der Waals surface area contributed by atoms with Crippen LogP contribution in [0.2, 0.25) is 0 Å². The van der Waals surface area contributed by atoms with Crippen molar-refractivity contribution in [2.45, 2.75) is 57.0 Å². The minimum absolute atomic E-state index is 0.133. The van der Waals surface area contributed by atoms with Gasteiger partial charge in [-0.25, -0.2) is 0 Å². The van der Waals surface area contributed by atoms with Crippen molar-refractivity contribution in [3.05, 3.63) is 0 Å². The lowest BCUT2D eigenvalue weighted by Gasteiger charge is -2.39. The number of piperidine rings is 1. The normalized spacial score (nSPS) is 33.5. The van der Waals surface area contributed by atoms with Gasteiger partial charge in [0.1, 0.15) is 5.54 Å². The van der Waals surface area contributed by atoms with Crippen LogP contribution in [0.15, 0.2) is 0 Å². The first kappa shape index (κ1) is 13.4. The average Bonchev–Trinajstić information content (AvgIpc) is 3.05. The zero-order valence-electron chi connectivity index (χ0n) is 12.0. The summed E-state index contributed by atoms with van der Waals surface area (Å²) in [4.78, 5) is 14.7. The van der Waals surface area contributed by atoms with Crippen molar-refractivity contribution in [1.29, 1.82) is 0 Å². The molecule has 0 radical (unpaired) electrons. The second-order valence-corrected chi connectivity index (χ2v) is 6.80. The predicted molar refractivity (Wildman–Crippen MR) is 75.6 cm³/mol. The first-order chi connectivity index (χ1) is 9.15. The molecule has 1 saturated heterocycles. The fourth-order valence-corrected chi connectivity index (χ4v) is 4.16. The highest BCUT2D eigenvalue weighted by Gasteiger charge is 2.52. The number of hydrogen-bond donors (Lipinski definition) is 2. The number of nitrogens with two attached hydrogens (primary N) is 1. The van der Waals surface area contributed by atoms with Gasteiger partial charge in [0.05, 0.1) is 0 Å². The molecule has 0 aromatic rings. The molecule has 2 bridgehead atoms. The van der Waals surface area contributed by atoms with Gasteiger partial charge >= 0.3 is 0 Å². The molecule has 108 valence electrons. The van der Waals surface area contributed by atoms with E-state index in [9.17, 15) is 4.79 Å². The lowest BCUT2D eigenvalue weighted by molar-refractivity contribution is -0.126. The molecular formula is C15H27N3O. The van der Waals surface area contributed by atoms with E-state index in [0.717, 1.165) is 38.3 Å². The van der Waals surface area contributed by atoms with E-state index in [-0.39, 0.29) is 5.91 Å². The van der Waals surface area contributed by atoms with E-state index in [2.05, 4.69) is 17.1 Å². The summed E-state index contributed by atoms with van der Waals surface area (Å²) in [6, 6.07) is 0.714. The van der Waals surface area contributed by atoms with Gasteiger partial charge in [-0.1, -0.05) is 6.92 Å². The first-order valence-electron chi connectivity index (χ1n) is 7.94. The SMILES string of the molecule is CCCNC(CN1CC2CCC1C2)(C(N)=O)C1CC1. The van der Waals surface area contributed by atoms with Gasteiger partial charge in [-0.3, -0.25) is 9.69 Å². The van der Waals surface area contributed by atoms with Crippen LogP contribution in [0, 0.1) is 11.8 Å². The Morgan fingerprint density at radius 1 is 1.37 bits per heavy atom. The maximum atomic E-state index is 12.1. The molecule has 3 unspecified atom stereocenters. The molecule has 3 N–H and O–H groups in total. The summed E-state index contributed by atoms with van der Waals surface area (Å²) in [5.74, 6) is 1.21. The van der Waals surface area contributed by atoms with Crippen molar-refractivity contribution in [3.8, 4) is 0 Å². The zero-order valence-corrected chi connectivity index (χ0v) is 12.0. The Morgan fingerprint density at radius 3 is 2.63 bits per heavy atom. The molecule has 19 heavy (non-hydrogen) atoms.